The third kappa shape index (κ3) is 4.03. The first-order chi connectivity index (χ1) is 12.6. The molecule has 3 rings (SSSR count). The molecule has 26 heavy (non-hydrogen) atoms. The lowest BCUT2D eigenvalue weighted by Gasteiger charge is -2.56. The predicted octanol–water partition coefficient (Wildman–Crippen LogP) is 1.22. The fourth-order valence-corrected chi connectivity index (χ4v) is 4.24. The zero-order chi connectivity index (χ0) is 18.6. The first-order valence-electron chi connectivity index (χ1n) is 9.40. The van der Waals surface area contributed by atoms with E-state index in [1.807, 2.05) is 24.3 Å². The summed E-state index contributed by atoms with van der Waals surface area (Å²) in [4.78, 5) is 14.4. The predicted molar refractivity (Wildman–Crippen MR) is 99.2 cm³/mol. The Morgan fingerprint density at radius 1 is 1.27 bits per heavy atom. The second-order valence-corrected chi connectivity index (χ2v) is 7.43. The van der Waals surface area contributed by atoms with Crippen molar-refractivity contribution in [1.82, 2.24) is 10.2 Å². The highest BCUT2D eigenvalue weighted by atomic mass is 16.5. The molecule has 0 aromatic heterocycles. The number of rotatable bonds is 7. The number of methoxy groups -OCH3 is 2. The number of nitrogens with zero attached hydrogens (tertiary/aromatic N) is 1. The van der Waals surface area contributed by atoms with Crippen LogP contribution >= 0.6 is 0 Å². The Morgan fingerprint density at radius 2 is 1.96 bits per heavy atom. The topological polar surface area (TPSA) is 71.0 Å². The second-order valence-electron chi connectivity index (χ2n) is 7.43. The molecule has 2 aliphatic rings. The summed E-state index contributed by atoms with van der Waals surface area (Å²) in [5, 5.41) is 13.2. The first kappa shape index (κ1) is 19.1. The number of aliphatic hydroxyl groups excluding tert-OH is 1. The molecule has 6 heteroatoms. The van der Waals surface area contributed by atoms with Crippen LogP contribution in [0, 0.1) is 5.41 Å². The van der Waals surface area contributed by atoms with E-state index in [0.717, 1.165) is 44.5 Å². The highest BCUT2D eigenvalue weighted by molar-refractivity contribution is 5.78. The molecule has 1 aliphatic carbocycles. The summed E-state index contributed by atoms with van der Waals surface area (Å²) in [5.74, 6) is 0.903. The number of piperidine rings is 1. The smallest absolute Gasteiger partial charge is 0.234 e. The van der Waals surface area contributed by atoms with Crippen molar-refractivity contribution in [1.29, 1.82) is 0 Å². The molecule has 0 bridgehead atoms. The molecule has 144 valence electrons. The van der Waals surface area contributed by atoms with E-state index < -0.39 is 0 Å². The summed E-state index contributed by atoms with van der Waals surface area (Å²) in [5.41, 5.74) is 1.09. The minimum absolute atomic E-state index is 0.0620. The summed E-state index contributed by atoms with van der Waals surface area (Å²) < 4.78 is 10.7. The number of hydrogen-bond donors (Lipinski definition) is 2. The summed E-state index contributed by atoms with van der Waals surface area (Å²) in [6.07, 6.45) is 3.24. The normalized spacial score (nSPS) is 24.9. The van der Waals surface area contributed by atoms with Gasteiger partial charge in [0.1, 0.15) is 5.75 Å². The van der Waals surface area contributed by atoms with Crippen LogP contribution in [-0.4, -0.2) is 68.5 Å². The fraction of sp³-hybridized carbons (Fsp3) is 0.650. The minimum atomic E-state index is -0.257. The van der Waals surface area contributed by atoms with Gasteiger partial charge in [-0.15, -0.1) is 0 Å². The molecule has 1 spiro atoms. The van der Waals surface area contributed by atoms with E-state index in [9.17, 15) is 9.90 Å². The SMILES string of the molecule is COc1ccc(CCNC(=O)CN2CCC3(CC2)[C@H](O)C[C@@H]3OC)cc1. The van der Waals surface area contributed by atoms with E-state index in [-0.39, 0.29) is 23.5 Å². The third-order valence-electron chi connectivity index (χ3n) is 6.08. The van der Waals surface area contributed by atoms with Gasteiger partial charge in [-0.3, -0.25) is 9.69 Å². The van der Waals surface area contributed by atoms with Crippen LogP contribution in [0.15, 0.2) is 24.3 Å². The zero-order valence-electron chi connectivity index (χ0n) is 15.7. The van der Waals surface area contributed by atoms with E-state index in [0.29, 0.717) is 13.1 Å². The molecule has 1 saturated heterocycles. The summed E-state index contributed by atoms with van der Waals surface area (Å²) in [7, 11) is 3.37. The maximum absolute atomic E-state index is 12.2. The lowest BCUT2D eigenvalue weighted by Crippen LogP contribution is -2.62. The van der Waals surface area contributed by atoms with Gasteiger partial charge in [-0.25, -0.2) is 0 Å². The molecule has 2 atom stereocenters. The van der Waals surface area contributed by atoms with Crippen molar-refractivity contribution < 1.29 is 19.4 Å². The van der Waals surface area contributed by atoms with Crippen molar-refractivity contribution in [2.45, 2.75) is 37.9 Å². The molecule has 2 fully saturated rings. The highest BCUT2D eigenvalue weighted by Crippen LogP contribution is 2.50. The molecule has 1 saturated carbocycles. The molecule has 1 heterocycles. The second kappa shape index (κ2) is 8.37. The van der Waals surface area contributed by atoms with E-state index in [2.05, 4.69) is 10.2 Å². The van der Waals surface area contributed by atoms with Crippen LogP contribution in [0.5, 0.6) is 5.75 Å². The van der Waals surface area contributed by atoms with Crippen LogP contribution in [0.2, 0.25) is 0 Å². The number of carbonyl (C=O) groups is 1. The van der Waals surface area contributed by atoms with Crippen molar-refractivity contribution in [3.05, 3.63) is 29.8 Å². The quantitative estimate of drug-likeness (QED) is 0.763. The van der Waals surface area contributed by atoms with Crippen molar-refractivity contribution in [3.8, 4) is 5.75 Å². The Balaban J connectivity index is 1.36. The average molecular weight is 362 g/mol. The van der Waals surface area contributed by atoms with Crippen molar-refractivity contribution in [2.24, 2.45) is 5.41 Å². The largest absolute Gasteiger partial charge is 0.497 e. The molecule has 1 amide bonds. The number of aliphatic hydroxyl groups is 1. The van der Waals surface area contributed by atoms with Gasteiger partial charge in [-0.1, -0.05) is 12.1 Å². The fourth-order valence-electron chi connectivity index (χ4n) is 4.24. The number of amides is 1. The molecule has 6 nitrogen and oxygen atoms in total. The van der Waals surface area contributed by atoms with Crippen LogP contribution in [0.4, 0.5) is 0 Å². The molecule has 0 unspecified atom stereocenters. The number of carbonyl (C=O) groups excluding carboxylic acids is 1. The molecule has 1 aromatic carbocycles. The maximum Gasteiger partial charge on any atom is 0.234 e. The summed E-state index contributed by atoms with van der Waals surface area (Å²) in [6.45, 7) is 2.73. The van der Waals surface area contributed by atoms with E-state index in [4.69, 9.17) is 9.47 Å². The summed E-state index contributed by atoms with van der Waals surface area (Å²) in [6, 6.07) is 7.90. The Labute approximate surface area is 155 Å². The van der Waals surface area contributed by atoms with Gasteiger partial charge in [-0.2, -0.15) is 0 Å². The van der Waals surface area contributed by atoms with Crippen LogP contribution in [0.3, 0.4) is 0 Å². The Morgan fingerprint density at radius 3 is 2.54 bits per heavy atom. The van der Waals surface area contributed by atoms with Crippen molar-refractivity contribution >= 4 is 5.91 Å². The first-order valence-corrected chi connectivity index (χ1v) is 9.40. The third-order valence-corrected chi connectivity index (χ3v) is 6.08. The van der Waals surface area contributed by atoms with Gasteiger partial charge in [-0.05, 0) is 50.0 Å². The number of hydrogen-bond acceptors (Lipinski definition) is 5. The molecule has 1 aromatic rings. The molecular weight excluding hydrogens is 332 g/mol. The van der Waals surface area contributed by atoms with Crippen LogP contribution in [0.1, 0.15) is 24.8 Å². The van der Waals surface area contributed by atoms with Crippen LogP contribution in [0.25, 0.3) is 0 Å². The Bertz CT molecular complexity index is 596. The van der Waals surface area contributed by atoms with Crippen molar-refractivity contribution in [2.75, 3.05) is 40.4 Å². The van der Waals surface area contributed by atoms with Crippen LogP contribution < -0.4 is 10.1 Å². The monoisotopic (exact) mass is 362 g/mol. The molecule has 2 N–H and O–H groups in total. The van der Waals surface area contributed by atoms with Gasteiger partial charge in [0.05, 0.1) is 25.9 Å². The number of benzene rings is 1. The highest BCUT2D eigenvalue weighted by Gasteiger charge is 2.55. The zero-order valence-corrected chi connectivity index (χ0v) is 15.7. The van der Waals surface area contributed by atoms with Crippen molar-refractivity contribution in [3.63, 3.8) is 0 Å². The Kier molecular flexibility index (Phi) is 6.16. The van der Waals surface area contributed by atoms with E-state index in [1.165, 1.54) is 5.56 Å². The van der Waals surface area contributed by atoms with Crippen LogP contribution in [-0.2, 0) is 16.0 Å². The maximum atomic E-state index is 12.2. The molecule has 1 aliphatic heterocycles. The minimum Gasteiger partial charge on any atom is -0.497 e. The Hall–Kier alpha value is -1.63. The standard InChI is InChI=1S/C20H30N2O4/c1-25-16-5-3-15(4-6-16)7-10-21-19(24)14-22-11-8-20(9-12-22)17(23)13-18(20)26-2/h3-6,17-18,23H,7-14H2,1-2H3,(H,21,24)/t17-,18+/m1/s1. The van der Waals surface area contributed by atoms with Gasteiger partial charge in [0.25, 0.3) is 0 Å². The molecular formula is C20H30N2O4. The number of ether oxygens (including phenoxy) is 2. The van der Waals surface area contributed by atoms with Gasteiger partial charge in [0.2, 0.25) is 5.91 Å². The lowest BCUT2D eigenvalue weighted by atomic mass is 9.58. The summed E-state index contributed by atoms with van der Waals surface area (Å²) >= 11 is 0. The van der Waals surface area contributed by atoms with Gasteiger partial charge < -0.3 is 19.9 Å². The van der Waals surface area contributed by atoms with Gasteiger partial charge in [0.15, 0.2) is 0 Å². The van der Waals surface area contributed by atoms with E-state index in [1.54, 1.807) is 14.2 Å². The number of nitrogens with one attached hydrogen (secondary N) is 1. The van der Waals surface area contributed by atoms with Gasteiger partial charge in [0, 0.05) is 25.5 Å². The lowest BCUT2D eigenvalue weighted by molar-refractivity contribution is -0.201. The number of likely N-dealkylation sites (tertiary alicyclic amines) is 1. The molecule has 0 radical (unpaired) electrons. The van der Waals surface area contributed by atoms with E-state index >= 15 is 0 Å². The average Bonchev–Trinajstić information content (AvgIpc) is 2.67. The van der Waals surface area contributed by atoms with Gasteiger partial charge >= 0.3 is 0 Å².